The van der Waals surface area contributed by atoms with Crippen molar-refractivity contribution in [2.24, 2.45) is 11.8 Å². The van der Waals surface area contributed by atoms with Crippen molar-refractivity contribution in [2.45, 2.75) is 53.0 Å². The molecular formula is C15H26N2O2S. The Labute approximate surface area is 125 Å². The predicted molar refractivity (Wildman–Crippen MR) is 83.1 cm³/mol. The van der Waals surface area contributed by atoms with Gasteiger partial charge in [-0.1, -0.05) is 34.6 Å². The summed E-state index contributed by atoms with van der Waals surface area (Å²) in [4.78, 5) is 16.8. The summed E-state index contributed by atoms with van der Waals surface area (Å²) in [5.74, 6) is -0.635. The number of carboxylic acids is 1. The number of hydrogen-bond acceptors (Lipinski definition) is 4. The van der Waals surface area contributed by atoms with Crippen LogP contribution in [0.2, 0.25) is 0 Å². The molecule has 0 bridgehead atoms. The fourth-order valence-corrected chi connectivity index (χ4v) is 2.89. The summed E-state index contributed by atoms with van der Waals surface area (Å²) in [7, 11) is 0. The van der Waals surface area contributed by atoms with Crippen LogP contribution < -0.4 is 5.32 Å². The highest BCUT2D eigenvalue weighted by Crippen LogP contribution is 2.26. The zero-order valence-corrected chi connectivity index (χ0v) is 13.9. The van der Waals surface area contributed by atoms with Crippen LogP contribution in [0.1, 0.15) is 50.9 Å². The van der Waals surface area contributed by atoms with Crippen LogP contribution in [0, 0.1) is 11.8 Å². The van der Waals surface area contributed by atoms with Gasteiger partial charge in [0.15, 0.2) is 0 Å². The highest BCUT2D eigenvalue weighted by molar-refractivity contribution is 7.11. The van der Waals surface area contributed by atoms with Crippen molar-refractivity contribution >= 4 is 17.3 Å². The Hall–Kier alpha value is -0.940. The number of thiazole rings is 1. The number of hydrogen-bond donors (Lipinski definition) is 2. The molecule has 0 amide bonds. The van der Waals surface area contributed by atoms with E-state index in [2.05, 4.69) is 44.9 Å². The number of carbonyl (C=O) groups is 1. The molecule has 0 aromatic carbocycles. The van der Waals surface area contributed by atoms with Crippen molar-refractivity contribution in [1.82, 2.24) is 10.3 Å². The molecule has 0 radical (unpaired) electrons. The molecule has 1 heterocycles. The topological polar surface area (TPSA) is 62.2 Å². The summed E-state index contributed by atoms with van der Waals surface area (Å²) in [5.41, 5.74) is 0.0736. The Morgan fingerprint density at radius 3 is 2.55 bits per heavy atom. The van der Waals surface area contributed by atoms with Crippen molar-refractivity contribution in [3.05, 3.63) is 16.1 Å². The SMILES string of the molecule is CC(C)CC(CNCc1cnc(C(C)(C)C)s1)C(=O)O. The normalized spacial score (nSPS) is 13.7. The second-order valence-electron chi connectivity index (χ2n) is 6.68. The first-order valence-corrected chi connectivity index (χ1v) is 7.90. The molecule has 1 atom stereocenters. The van der Waals surface area contributed by atoms with E-state index in [1.165, 1.54) is 0 Å². The van der Waals surface area contributed by atoms with Crippen LogP contribution in [0.15, 0.2) is 6.20 Å². The van der Waals surface area contributed by atoms with E-state index < -0.39 is 5.97 Å². The third-order valence-electron chi connectivity index (χ3n) is 2.99. The fourth-order valence-electron chi connectivity index (χ4n) is 1.95. The van der Waals surface area contributed by atoms with Crippen molar-refractivity contribution < 1.29 is 9.90 Å². The molecule has 2 N–H and O–H groups in total. The maximum Gasteiger partial charge on any atom is 0.307 e. The zero-order valence-electron chi connectivity index (χ0n) is 13.1. The minimum atomic E-state index is -0.717. The predicted octanol–water partition coefficient (Wildman–Crippen LogP) is 3.28. The number of aliphatic carboxylic acids is 1. The number of aromatic nitrogens is 1. The van der Waals surface area contributed by atoms with E-state index in [0.717, 1.165) is 9.88 Å². The van der Waals surface area contributed by atoms with E-state index in [9.17, 15) is 9.90 Å². The summed E-state index contributed by atoms with van der Waals surface area (Å²) in [6.07, 6.45) is 2.59. The lowest BCUT2D eigenvalue weighted by atomic mass is 9.97. The summed E-state index contributed by atoms with van der Waals surface area (Å²) in [6, 6.07) is 0. The molecule has 0 saturated carbocycles. The van der Waals surface area contributed by atoms with Gasteiger partial charge in [-0.15, -0.1) is 11.3 Å². The van der Waals surface area contributed by atoms with Gasteiger partial charge in [-0.3, -0.25) is 4.79 Å². The Morgan fingerprint density at radius 1 is 1.45 bits per heavy atom. The standard InChI is InChI=1S/C15H26N2O2S/c1-10(2)6-11(13(18)19)7-16-8-12-9-17-14(20-12)15(3,4)5/h9-11,16H,6-8H2,1-5H3,(H,18,19). The van der Waals surface area contributed by atoms with Crippen LogP contribution in [-0.2, 0) is 16.8 Å². The first-order valence-electron chi connectivity index (χ1n) is 7.09. The third-order valence-corrected chi connectivity index (χ3v) is 4.41. The highest BCUT2D eigenvalue weighted by Gasteiger charge is 2.20. The van der Waals surface area contributed by atoms with Crippen LogP contribution in [0.25, 0.3) is 0 Å². The van der Waals surface area contributed by atoms with Gasteiger partial charge < -0.3 is 10.4 Å². The van der Waals surface area contributed by atoms with Gasteiger partial charge in [0.25, 0.3) is 0 Å². The van der Waals surface area contributed by atoms with E-state index in [1.54, 1.807) is 11.3 Å². The monoisotopic (exact) mass is 298 g/mol. The average molecular weight is 298 g/mol. The van der Waals surface area contributed by atoms with Crippen LogP contribution in [0.3, 0.4) is 0 Å². The van der Waals surface area contributed by atoms with Crippen molar-refractivity contribution in [2.75, 3.05) is 6.54 Å². The quantitative estimate of drug-likeness (QED) is 0.811. The third kappa shape index (κ3) is 5.59. The van der Waals surface area contributed by atoms with Crippen molar-refractivity contribution in [1.29, 1.82) is 0 Å². The minimum Gasteiger partial charge on any atom is -0.481 e. The molecule has 0 spiro atoms. The van der Waals surface area contributed by atoms with Gasteiger partial charge in [0.05, 0.1) is 10.9 Å². The molecular weight excluding hydrogens is 272 g/mol. The largest absolute Gasteiger partial charge is 0.481 e. The maximum absolute atomic E-state index is 11.2. The summed E-state index contributed by atoms with van der Waals surface area (Å²) in [6.45, 7) is 11.7. The molecule has 1 unspecified atom stereocenters. The zero-order chi connectivity index (χ0) is 15.3. The number of carboxylic acid groups (broad SMARTS) is 1. The van der Waals surface area contributed by atoms with Gasteiger partial charge in [0, 0.05) is 29.6 Å². The number of rotatable bonds is 7. The smallest absolute Gasteiger partial charge is 0.307 e. The van der Waals surface area contributed by atoms with Crippen LogP contribution >= 0.6 is 11.3 Å². The lowest BCUT2D eigenvalue weighted by molar-refractivity contribution is -0.142. The molecule has 0 saturated heterocycles. The first-order chi connectivity index (χ1) is 9.20. The Balaban J connectivity index is 2.47. The van der Waals surface area contributed by atoms with Gasteiger partial charge in [0.1, 0.15) is 0 Å². The Morgan fingerprint density at radius 2 is 2.10 bits per heavy atom. The average Bonchev–Trinajstić information content (AvgIpc) is 2.75. The fraction of sp³-hybridized carbons (Fsp3) is 0.733. The van der Waals surface area contributed by atoms with Gasteiger partial charge in [0.2, 0.25) is 0 Å². The van der Waals surface area contributed by atoms with E-state index in [1.807, 2.05) is 6.20 Å². The van der Waals surface area contributed by atoms with E-state index in [4.69, 9.17) is 0 Å². The van der Waals surface area contributed by atoms with Gasteiger partial charge in [-0.2, -0.15) is 0 Å². The molecule has 0 aliphatic carbocycles. The minimum absolute atomic E-state index is 0.0736. The molecule has 0 aliphatic rings. The van der Waals surface area contributed by atoms with Gasteiger partial charge in [-0.25, -0.2) is 4.98 Å². The Bertz CT molecular complexity index is 435. The molecule has 1 aromatic heterocycles. The second-order valence-corrected chi connectivity index (χ2v) is 7.79. The molecule has 114 valence electrons. The molecule has 5 heteroatoms. The molecule has 0 fully saturated rings. The summed E-state index contributed by atoms with van der Waals surface area (Å²) >= 11 is 1.69. The van der Waals surface area contributed by atoms with Crippen LogP contribution in [-0.4, -0.2) is 22.6 Å². The second kappa shape index (κ2) is 7.18. The molecule has 0 aliphatic heterocycles. The first kappa shape index (κ1) is 17.1. The van der Waals surface area contributed by atoms with Crippen LogP contribution in [0.4, 0.5) is 0 Å². The van der Waals surface area contributed by atoms with Crippen molar-refractivity contribution in [3.63, 3.8) is 0 Å². The summed E-state index contributed by atoms with van der Waals surface area (Å²) in [5, 5.41) is 13.5. The van der Waals surface area contributed by atoms with Crippen molar-refractivity contribution in [3.8, 4) is 0 Å². The maximum atomic E-state index is 11.2. The van der Waals surface area contributed by atoms with E-state index >= 15 is 0 Å². The molecule has 1 rings (SSSR count). The van der Waals surface area contributed by atoms with E-state index in [-0.39, 0.29) is 11.3 Å². The lowest BCUT2D eigenvalue weighted by Gasteiger charge is -2.15. The van der Waals surface area contributed by atoms with E-state index in [0.29, 0.717) is 25.4 Å². The van der Waals surface area contributed by atoms with Crippen LogP contribution in [0.5, 0.6) is 0 Å². The molecule has 20 heavy (non-hydrogen) atoms. The van der Waals surface area contributed by atoms with Gasteiger partial charge in [-0.05, 0) is 12.3 Å². The lowest BCUT2D eigenvalue weighted by Crippen LogP contribution is -2.29. The highest BCUT2D eigenvalue weighted by atomic mass is 32.1. The Kier molecular flexibility index (Phi) is 6.14. The molecule has 1 aromatic rings. The van der Waals surface area contributed by atoms with Gasteiger partial charge >= 0.3 is 5.97 Å². The summed E-state index contributed by atoms with van der Waals surface area (Å²) < 4.78 is 0. The number of nitrogens with one attached hydrogen (secondary N) is 1. The molecule has 4 nitrogen and oxygen atoms in total. The number of nitrogens with zero attached hydrogens (tertiary/aromatic N) is 1.